The smallest absolute Gasteiger partial charge is 0.122 e. The van der Waals surface area contributed by atoms with E-state index < -0.39 is 6.10 Å². The average molecular weight is 208 g/mol. The highest BCUT2D eigenvalue weighted by atomic mass is 79.9. The second-order valence-corrected chi connectivity index (χ2v) is 4.12. The van der Waals surface area contributed by atoms with E-state index in [4.69, 9.17) is 5.11 Å². The SMILES string of the molecule is C[C@H](O)c1ncc(Br)s1. The Morgan fingerprint density at radius 1 is 1.89 bits per heavy atom. The molecule has 0 unspecified atom stereocenters. The highest BCUT2D eigenvalue weighted by Crippen LogP contribution is 2.23. The van der Waals surface area contributed by atoms with Crippen LogP contribution in [0.25, 0.3) is 0 Å². The number of halogens is 1. The van der Waals surface area contributed by atoms with Crippen LogP contribution in [0.15, 0.2) is 9.98 Å². The molecule has 1 N–H and O–H groups in total. The minimum absolute atomic E-state index is 0.443. The summed E-state index contributed by atoms with van der Waals surface area (Å²) in [6.45, 7) is 1.70. The van der Waals surface area contributed by atoms with Gasteiger partial charge in [-0.25, -0.2) is 4.98 Å². The fourth-order valence-electron chi connectivity index (χ4n) is 0.460. The maximum absolute atomic E-state index is 8.96. The largest absolute Gasteiger partial charge is 0.386 e. The Hall–Kier alpha value is 0.0700. The first-order valence-electron chi connectivity index (χ1n) is 2.49. The van der Waals surface area contributed by atoms with Crippen molar-refractivity contribution in [1.29, 1.82) is 0 Å². The average Bonchev–Trinajstić information content (AvgIpc) is 2.14. The summed E-state index contributed by atoms with van der Waals surface area (Å²) < 4.78 is 0.957. The topological polar surface area (TPSA) is 33.1 Å². The second kappa shape index (κ2) is 2.77. The number of rotatable bonds is 1. The van der Waals surface area contributed by atoms with Crippen molar-refractivity contribution in [2.75, 3.05) is 0 Å². The van der Waals surface area contributed by atoms with Crippen molar-refractivity contribution >= 4 is 27.3 Å². The van der Waals surface area contributed by atoms with Gasteiger partial charge in [0, 0.05) is 0 Å². The van der Waals surface area contributed by atoms with E-state index in [2.05, 4.69) is 20.9 Å². The molecule has 0 aliphatic heterocycles. The summed E-state index contributed by atoms with van der Waals surface area (Å²) in [5, 5.41) is 9.72. The van der Waals surface area contributed by atoms with Gasteiger partial charge in [-0.15, -0.1) is 11.3 Å². The number of aromatic nitrogens is 1. The van der Waals surface area contributed by atoms with Crippen LogP contribution in [0.5, 0.6) is 0 Å². The molecule has 1 aromatic rings. The molecule has 0 saturated heterocycles. The maximum atomic E-state index is 8.96. The summed E-state index contributed by atoms with van der Waals surface area (Å²) in [6, 6.07) is 0. The molecule has 1 aromatic heterocycles. The molecular formula is C5H6BrNOS. The molecule has 0 fully saturated rings. The van der Waals surface area contributed by atoms with E-state index >= 15 is 0 Å². The third kappa shape index (κ3) is 1.74. The number of thiazole rings is 1. The molecule has 0 aromatic carbocycles. The lowest BCUT2D eigenvalue weighted by atomic mass is 10.4. The first kappa shape index (κ1) is 7.18. The molecule has 1 atom stereocenters. The molecule has 50 valence electrons. The predicted octanol–water partition coefficient (Wildman–Crippen LogP) is 1.96. The van der Waals surface area contributed by atoms with Gasteiger partial charge in [0.15, 0.2) is 0 Å². The molecule has 1 rings (SSSR count). The Morgan fingerprint density at radius 2 is 2.56 bits per heavy atom. The van der Waals surface area contributed by atoms with Crippen LogP contribution in [0.3, 0.4) is 0 Å². The van der Waals surface area contributed by atoms with Crippen LogP contribution in [-0.4, -0.2) is 10.1 Å². The van der Waals surface area contributed by atoms with Gasteiger partial charge in [-0.3, -0.25) is 0 Å². The van der Waals surface area contributed by atoms with E-state index in [9.17, 15) is 0 Å². The van der Waals surface area contributed by atoms with Gasteiger partial charge < -0.3 is 5.11 Å². The van der Waals surface area contributed by atoms with Gasteiger partial charge >= 0.3 is 0 Å². The lowest BCUT2D eigenvalue weighted by Crippen LogP contribution is -1.86. The lowest BCUT2D eigenvalue weighted by molar-refractivity contribution is 0.199. The van der Waals surface area contributed by atoms with Gasteiger partial charge in [0.1, 0.15) is 11.1 Å². The summed E-state index contributed by atoms with van der Waals surface area (Å²) in [6.07, 6.45) is 1.24. The van der Waals surface area contributed by atoms with E-state index in [0.29, 0.717) is 0 Å². The van der Waals surface area contributed by atoms with Crippen LogP contribution in [0.4, 0.5) is 0 Å². The molecule has 0 amide bonds. The third-order valence-corrected chi connectivity index (χ3v) is 2.50. The number of nitrogens with zero attached hydrogens (tertiary/aromatic N) is 1. The second-order valence-electron chi connectivity index (χ2n) is 1.68. The maximum Gasteiger partial charge on any atom is 0.122 e. The first-order chi connectivity index (χ1) is 4.20. The quantitative estimate of drug-likeness (QED) is 0.765. The summed E-state index contributed by atoms with van der Waals surface area (Å²) in [4.78, 5) is 3.94. The molecule has 4 heteroatoms. The van der Waals surface area contributed by atoms with Crippen LogP contribution in [0, 0.1) is 0 Å². The zero-order valence-corrected chi connectivity index (χ0v) is 7.24. The van der Waals surface area contributed by atoms with Crippen LogP contribution in [0.1, 0.15) is 18.0 Å². The Labute approximate surface area is 65.7 Å². The standard InChI is InChI=1S/C5H6BrNOS/c1-3(8)5-7-2-4(6)9-5/h2-3,8H,1H3/t3-/m0/s1. The number of aliphatic hydroxyl groups excluding tert-OH is 1. The van der Waals surface area contributed by atoms with Gasteiger partial charge in [0.05, 0.1) is 9.98 Å². The van der Waals surface area contributed by atoms with Crippen molar-refractivity contribution in [3.05, 3.63) is 15.0 Å². The summed E-state index contributed by atoms with van der Waals surface area (Å²) in [7, 11) is 0. The summed E-state index contributed by atoms with van der Waals surface area (Å²) in [5.74, 6) is 0. The molecule has 1 heterocycles. The fourth-order valence-corrected chi connectivity index (χ4v) is 1.64. The van der Waals surface area contributed by atoms with Crippen molar-refractivity contribution < 1.29 is 5.11 Å². The highest BCUT2D eigenvalue weighted by Gasteiger charge is 2.03. The minimum atomic E-state index is -0.443. The molecule has 0 radical (unpaired) electrons. The van der Waals surface area contributed by atoms with Crippen molar-refractivity contribution in [3.8, 4) is 0 Å². The van der Waals surface area contributed by atoms with E-state index in [1.165, 1.54) is 11.3 Å². The molecule has 0 spiro atoms. The van der Waals surface area contributed by atoms with Gasteiger partial charge in [0.25, 0.3) is 0 Å². The van der Waals surface area contributed by atoms with E-state index in [1.807, 2.05) is 0 Å². The number of aliphatic hydroxyl groups is 1. The van der Waals surface area contributed by atoms with E-state index in [1.54, 1.807) is 13.1 Å². The van der Waals surface area contributed by atoms with Crippen molar-refractivity contribution in [2.45, 2.75) is 13.0 Å². The molecule has 2 nitrogen and oxygen atoms in total. The predicted molar refractivity (Wildman–Crippen MR) is 40.4 cm³/mol. The van der Waals surface area contributed by atoms with E-state index in [0.717, 1.165) is 8.79 Å². The monoisotopic (exact) mass is 207 g/mol. The van der Waals surface area contributed by atoms with Crippen LogP contribution < -0.4 is 0 Å². The molecule has 9 heavy (non-hydrogen) atoms. The lowest BCUT2D eigenvalue weighted by Gasteiger charge is -1.93. The molecule has 0 aliphatic rings. The van der Waals surface area contributed by atoms with Crippen LogP contribution in [-0.2, 0) is 0 Å². The van der Waals surface area contributed by atoms with Gasteiger partial charge in [-0.05, 0) is 22.9 Å². The summed E-state index contributed by atoms with van der Waals surface area (Å²) in [5.41, 5.74) is 0. The molecule has 0 aliphatic carbocycles. The molecular weight excluding hydrogens is 202 g/mol. The number of hydrogen-bond acceptors (Lipinski definition) is 3. The normalized spacial score (nSPS) is 13.7. The van der Waals surface area contributed by atoms with Crippen LogP contribution >= 0.6 is 27.3 Å². The van der Waals surface area contributed by atoms with Crippen molar-refractivity contribution in [3.63, 3.8) is 0 Å². The van der Waals surface area contributed by atoms with E-state index in [-0.39, 0.29) is 0 Å². The Balaban J connectivity index is 2.85. The molecule has 0 saturated carbocycles. The first-order valence-corrected chi connectivity index (χ1v) is 4.10. The molecule has 0 bridgehead atoms. The zero-order chi connectivity index (χ0) is 6.85. The van der Waals surface area contributed by atoms with Gasteiger partial charge in [-0.1, -0.05) is 0 Å². The Kier molecular flexibility index (Phi) is 2.21. The number of hydrogen-bond donors (Lipinski definition) is 1. The fraction of sp³-hybridized carbons (Fsp3) is 0.400. The van der Waals surface area contributed by atoms with Crippen molar-refractivity contribution in [2.24, 2.45) is 0 Å². The zero-order valence-electron chi connectivity index (χ0n) is 4.84. The summed E-state index contributed by atoms with van der Waals surface area (Å²) >= 11 is 4.70. The highest BCUT2D eigenvalue weighted by molar-refractivity contribution is 9.11. The Bertz CT molecular complexity index is 199. The minimum Gasteiger partial charge on any atom is -0.386 e. The Morgan fingerprint density at radius 3 is 2.78 bits per heavy atom. The van der Waals surface area contributed by atoms with Crippen LogP contribution in [0.2, 0.25) is 0 Å². The van der Waals surface area contributed by atoms with Gasteiger partial charge in [0.2, 0.25) is 0 Å². The van der Waals surface area contributed by atoms with Crippen molar-refractivity contribution in [1.82, 2.24) is 4.98 Å². The third-order valence-electron chi connectivity index (χ3n) is 0.853. The van der Waals surface area contributed by atoms with Gasteiger partial charge in [-0.2, -0.15) is 0 Å².